The van der Waals surface area contributed by atoms with Gasteiger partial charge in [-0.3, -0.25) is 4.79 Å². The van der Waals surface area contributed by atoms with Crippen LogP contribution in [-0.2, 0) is 0 Å². The number of nitrogens with one attached hydrogen (secondary N) is 2. The molecule has 7 heteroatoms. The summed E-state index contributed by atoms with van der Waals surface area (Å²) >= 11 is 6.13. The second-order valence-corrected chi connectivity index (χ2v) is 6.33. The van der Waals surface area contributed by atoms with Crippen molar-refractivity contribution in [2.24, 2.45) is 0 Å². The number of benzene rings is 1. The highest BCUT2D eigenvalue weighted by Crippen LogP contribution is 2.32. The quantitative estimate of drug-likeness (QED) is 0.811. The molecule has 1 aromatic carbocycles. The van der Waals surface area contributed by atoms with E-state index in [2.05, 4.69) is 20.6 Å². The molecule has 0 radical (unpaired) electrons. The van der Waals surface area contributed by atoms with Crippen molar-refractivity contribution in [3.05, 3.63) is 40.2 Å². The Morgan fingerprint density at radius 1 is 1.28 bits per heavy atom. The molecule has 2 aromatic rings. The van der Waals surface area contributed by atoms with E-state index in [9.17, 15) is 4.79 Å². The Balaban J connectivity index is 2.32. The van der Waals surface area contributed by atoms with Gasteiger partial charge < -0.3 is 15.4 Å². The van der Waals surface area contributed by atoms with Crippen LogP contribution < -0.4 is 15.4 Å². The summed E-state index contributed by atoms with van der Waals surface area (Å²) in [5, 5.41) is 6.63. The van der Waals surface area contributed by atoms with Crippen LogP contribution in [0.2, 0.25) is 5.02 Å². The first-order chi connectivity index (χ1) is 11.8. The molecule has 1 heterocycles. The lowest BCUT2D eigenvalue weighted by molar-refractivity contribution is 0.0934. The SMILES string of the molecule is CCC(C)NC(=O)c1cc(C)nc(Nc2cc(C)c(Cl)cc2OC)n1. The Labute approximate surface area is 153 Å². The van der Waals surface area contributed by atoms with E-state index in [1.165, 1.54) is 0 Å². The normalized spacial score (nSPS) is 11.8. The maximum absolute atomic E-state index is 12.3. The number of hydrogen-bond donors (Lipinski definition) is 2. The molecular weight excluding hydrogens is 340 g/mol. The van der Waals surface area contributed by atoms with Crippen molar-refractivity contribution in [1.29, 1.82) is 0 Å². The van der Waals surface area contributed by atoms with Crippen molar-refractivity contribution >= 4 is 29.1 Å². The van der Waals surface area contributed by atoms with Crippen molar-refractivity contribution < 1.29 is 9.53 Å². The Hall–Kier alpha value is -2.34. The van der Waals surface area contributed by atoms with Crippen molar-refractivity contribution in [3.8, 4) is 5.75 Å². The van der Waals surface area contributed by atoms with Gasteiger partial charge in [0.25, 0.3) is 5.91 Å². The maximum atomic E-state index is 12.3. The molecule has 0 saturated carbocycles. The summed E-state index contributed by atoms with van der Waals surface area (Å²) < 4.78 is 5.35. The number of aryl methyl sites for hydroxylation is 2. The summed E-state index contributed by atoms with van der Waals surface area (Å²) in [7, 11) is 1.56. The van der Waals surface area contributed by atoms with Crippen LogP contribution in [0.15, 0.2) is 18.2 Å². The van der Waals surface area contributed by atoms with Crippen molar-refractivity contribution in [2.75, 3.05) is 12.4 Å². The van der Waals surface area contributed by atoms with Crippen molar-refractivity contribution in [2.45, 2.75) is 40.2 Å². The summed E-state index contributed by atoms with van der Waals surface area (Å²) in [6.07, 6.45) is 0.849. The summed E-state index contributed by atoms with van der Waals surface area (Å²) in [6.45, 7) is 7.68. The second-order valence-electron chi connectivity index (χ2n) is 5.93. The minimum atomic E-state index is -0.220. The number of aromatic nitrogens is 2. The first-order valence-corrected chi connectivity index (χ1v) is 8.49. The number of ether oxygens (including phenoxy) is 1. The van der Waals surface area contributed by atoms with E-state index in [0.29, 0.717) is 33.8 Å². The third-order valence-corrected chi connectivity index (χ3v) is 4.21. The van der Waals surface area contributed by atoms with Crippen LogP contribution in [0.5, 0.6) is 5.75 Å². The van der Waals surface area contributed by atoms with Crippen molar-refractivity contribution in [3.63, 3.8) is 0 Å². The van der Waals surface area contributed by atoms with E-state index < -0.39 is 0 Å². The highest BCUT2D eigenvalue weighted by atomic mass is 35.5. The molecule has 0 bridgehead atoms. The number of anilines is 2. The lowest BCUT2D eigenvalue weighted by Gasteiger charge is -2.14. The fourth-order valence-corrected chi connectivity index (χ4v) is 2.34. The molecule has 0 fully saturated rings. The highest BCUT2D eigenvalue weighted by molar-refractivity contribution is 6.31. The van der Waals surface area contributed by atoms with Gasteiger partial charge in [-0.25, -0.2) is 9.97 Å². The van der Waals surface area contributed by atoms with Gasteiger partial charge in [-0.1, -0.05) is 18.5 Å². The predicted octanol–water partition coefficient (Wildman–Crippen LogP) is 4.03. The summed E-state index contributed by atoms with van der Waals surface area (Å²) in [6, 6.07) is 5.32. The summed E-state index contributed by atoms with van der Waals surface area (Å²) in [4.78, 5) is 21.0. The fourth-order valence-electron chi connectivity index (χ4n) is 2.19. The molecule has 1 unspecified atom stereocenters. The first-order valence-electron chi connectivity index (χ1n) is 8.11. The molecule has 2 rings (SSSR count). The number of carbonyl (C=O) groups is 1. The van der Waals surface area contributed by atoms with Crippen LogP contribution in [0.3, 0.4) is 0 Å². The number of amides is 1. The van der Waals surface area contributed by atoms with Gasteiger partial charge in [0.2, 0.25) is 5.95 Å². The summed E-state index contributed by atoms with van der Waals surface area (Å²) in [5.74, 6) is 0.683. The van der Waals surface area contributed by atoms with Gasteiger partial charge in [-0.2, -0.15) is 0 Å². The van der Waals surface area contributed by atoms with Gasteiger partial charge in [0.15, 0.2) is 0 Å². The Morgan fingerprint density at radius 2 is 2.00 bits per heavy atom. The number of rotatable bonds is 6. The van der Waals surface area contributed by atoms with E-state index in [0.717, 1.165) is 12.0 Å². The minimum Gasteiger partial charge on any atom is -0.495 e. The van der Waals surface area contributed by atoms with E-state index in [1.54, 1.807) is 19.2 Å². The van der Waals surface area contributed by atoms with Crippen LogP contribution in [0.1, 0.15) is 42.0 Å². The predicted molar refractivity (Wildman–Crippen MR) is 100 cm³/mol. The van der Waals surface area contributed by atoms with E-state index >= 15 is 0 Å². The van der Waals surface area contributed by atoms with Gasteiger partial charge in [-0.15, -0.1) is 0 Å². The average molecular weight is 363 g/mol. The topological polar surface area (TPSA) is 76.1 Å². The molecule has 1 atom stereocenters. The molecule has 1 amide bonds. The number of methoxy groups -OCH3 is 1. The molecular formula is C18H23ClN4O2. The lowest BCUT2D eigenvalue weighted by atomic mass is 10.2. The van der Waals surface area contributed by atoms with E-state index in [1.807, 2.05) is 33.8 Å². The monoisotopic (exact) mass is 362 g/mol. The van der Waals surface area contributed by atoms with E-state index in [4.69, 9.17) is 16.3 Å². The molecule has 0 saturated heterocycles. The molecule has 134 valence electrons. The molecule has 6 nitrogen and oxygen atoms in total. The van der Waals surface area contributed by atoms with Crippen molar-refractivity contribution in [1.82, 2.24) is 15.3 Å². The number of halogens is 1. The molecule has 0 aliphatic rings. The minimum absolute atomic E-state index is 0.0817. The van der Waals surface area contributed by atoms with Crippen LogP contribution in [0.25, 0.3) is 0 Å². The Kier molecular flexibility index (Phi) is 6.20. The van der Waals surface area contributed by atoms with Gasteiger partial charge >= 0.3 is 0 Å². The zero-order valence-electron chi connectivity index (χ0n) is 15.1. The fraction of sp³-hybridized carbons (Fsp3) is 0.389. The lowest BCUT2D eigenvalue weighted by Crippen LogP contribution is -2.32. The molecule has 0 aliphatic carbocycles. The first kappa shape index (κ1) is 19.0. The smallest absolute Gasteiger partial charge is 0.270 e. The van der Waals surface area contributed by atoms with Crippen LogP contribution in [-0.4, -0.2) is 29.0 Å². The summed E-state index contributed by atoms with van der Waals surface area (Å²) in [5.41, 5.74) is 2.59. The van der Waals surface area contributed by atoms with Crippen LogP contribution >= 0.6 is 11.6 Å². The second kappa shape index (κ2) is 8.16. The third kappa shape index (κ3) is 4.82. The third-order valence-electron chi connectivity index (χ3n) is 3.80. The number of nitrogens with zero attached hydrogens (tertiary/aromatic N) is 2. The molecule has 25 heavy (non-hydrogen) atoms. The van der Waals surface area contributed by atoms with Gasteiger partial charge in [0.05, 0.1) is 12.8 Å². The molecule has 0 aliphatic heterocycles. The van der Waals surface area contributed by atoms with Crippen LogP contribution in [0, 0.1) is 13.8 Å². The molecule has 2 N–H and O–H groups in total. The maximum Gasteiger partial charge on any atom is 0.270 e. The Bertz CT molecular complexity index is 780. The molecule has 1 aromatic heterocycles. The molecule has 0 spiro atoms. The zero-order chi connectivity index (χ0) is 18.6. The zero-order valence-corrected chi connectivity index (χ0v) is 15.9. The largest absolute Gasteiger partial charge is 0.495 e. The average Bonchev–Trinajstić information content (AvgIpc) is 2.57. The number of carbonyl (C=O) groups excluding carboxylic acids is 1. The van der Waals surface area contributed by atoms with Gasteiger partial charge in [-0.05, 0) is 44.9 Å². The highest BCUT2D eigenvalue weighted by Gasteiger charge is 2.14. The standard InChI is InChI=1S/C18H23ClN4O2/c1-6-11(3)20-17(24)15-8-12(4)21-18(23-15)22-14-7-10(2)13(19)9-16(14)25-5/h7-9,11H,6H2,1-5H3,(H,20,24)(H,21,22,23). The van der Waals surface area contributed by atoms with Gasteiger partial charge in [0, 0.05) is 22.8 Å². The number of hydrogen-bond acceptors (Lipinski definition) is 5. The van der Waals surface area contributed by atoms with Crippen LogP contribution in [0.4, 0.5) is 11.6 Å². The van der Waals surface area contributed by atoms with Gasteiger partial charge in [0.1, 0.15) is 11.4 Å². The Morgan fingerprint density at radius 3 is 2.64 bits per heavy atom. The van der Waals surface area contributed by atoms with E-state index in [-0.39, 0.29) is 11.9 Å².